The number of hydrogen-bond acceptors (Lipinski definition) is 5. The van der Waals surface area contributed by atoms with Gasteiger partial charge in [-0.25, -0.2) is 13.6 Å². The Morgan fingerprint density at radius 3 is 2.70 bits per heavy atom. The maximum atomic E-state index is 16.0. The quantitative estimate of drug-likeness (QED) is 0.495. The minimum Gasteiger partial charge on any atom is -0.433 e. The monoisotopic (exact) mass is 457 g/mol. The van der Waals surface area contributed by atoms with Crippen molar-refractivity contribution in [1.82, 2.24) is 9.88 Å². The van der Waals surface area contributed by atoms with E-state index in [2.05, 4.69) is 10.3 Å². The summed E-state index contributed by atoms with van der Waals surface area (Å²) in [5, 5.41) is 4.02. The molecule has 0 amide bonds. The van der Waals surface area contributed by atoms with Gasteiger partial charge in [0.15, 0.2) is 0 Å². The summed E-state index contributed by atoms with van der Waals surface area (Å²) in [5.74, 6) is -1.87. The molecule has 176 valence electrons. The van der Waals surface area contributed by atoms with Crippen LogP contribution in [0.1, 0.15) is 32.3 Å². The van der Waals surface area contributed by atoms with Crippen molar-refractivity contribution in [3.05, 3.63) is 53.7 Å². The minimum atomic E-state index is -0.814. The number of halogens is 2. The Labute approximate surface area is 191 Å². The molecule has 1 aliphatic heterocycles. The molecule has 0 aliphatic carbocycles. The van der Waals surface area contributed by atoms with Crippen LogP contribution in [0.4, 0.5) is 19.3 Å². The summed E-state index contributed by atoms with van der Waals surface area (Å²) >= 11 is 0. The number of hydrogen-bond donors (Lipinski definition) is 2. The predicted molar refractivity (Wildman–Crippen MR) is 125 cm³/mol. The van der Waals surface area contributed by atoms with Gasteiger partial charge in [0, 0.05) is 35.5 Å². The fraction of sp³-hybridized carbons (Fsp3) is 0.400. The second-order valence-corrected chi connectivity index (χ2v) is 9.33. The van der Waals surface area contributed by atoms with E-state index in [1.807, 2.05) is 45.0 Å². The molecule has 6 nitrogen and oxygen atoms in total. The number of fused-ring (bicyclic) bond motifs is 2. The van der Waals surface area contributed by atoms with E-state index in [1.165, 1.54) is 6.07 Å². The summed E-state index contributed by atoms with van der Waals surface area (Å²) in [7, 11) is 3.74. The highest BCUT2D eigenvalue weighted by Gasteiger charge is 2.45. The Balaban J connectivity index is 1.71. The standard InChI is InChI=1S/C25H29F2N3O3/c1-14-19-18(29-25(2,3)23(14)33-24(31)32-12-11-30(4)5)13-17(26)20(21(19)27)16-8-6-7-15-9-10-28-22(15)16/h6-10,13-14,23,28-29H,11-12H2,1-5H3/t14-,23?/m0/s1. The first kappa shape index (κ1) is 23.0. The fourth-order valence-corrected chi connectivity index (χ4v) is 4.62. The van der Waals surface area contributed by atoms with E-state index in [0.29, 0.717) is 23.3 Å². The molecule has 8 heteroatoms. The molecule has 0 radical (unpaired) electrons. The van der Waals surface area contributed by atoms with Gasteiger partial charge in [-0.3, -0.25) is 0 Å². The summed E-state index contributed by atoms with van der Waals surface area (Å²) in [6, 6.07) is 8.50. The third kappa shape index (κ3) is 4.27. The molecule has 0 saturated carbocycles. The van der Waals surface area contributed by atoms with E-state index in [1.54, 1.807) is 25.3 Å². The van der Waals surface area contributed by atoms with Gasteiger partial charge in [0.1, 0.15) is 24.3 Å². The molecule has 33 heavy (non-hydrogen) atoms. The first-order chi connectivity index (χ1) is 15.6. The molecule has 3 aromatic rings. The molecule has 2 atom stereocenters. The van der Waals surface area contributed by atoms with Crippen LogP contribution in [0.2, 0.25) is 0 Å². The summed E-state index contributed by atoms with van der Waals surface area (Å²) in [6.07, 6.45) is 0.192. The molecular formula is C25H29F2N3O3. The smallest absolute Gasteiger partial charge is 0.433 e. The van der Waals surface area contributed by atoms with Gasteiger partial charge in [0.05, 0.1) is 16.6 Å². The number of rotatable bonds is 5. The van der Waals surface area contributed by atoms with Crippen molar-refractivity contribution in [2.24, 2.45) is 0 Å². The molecule has 0 saturated heterocycles. The summed E-state index contributed by atoms with van der Waals surface area (Å²) in [5.41, 5.74) is 0.845. The molecule has 2 heterocycles. The van der Waals surface area contributed by atoms with E-state index >= 15 is 8.78 Å². The van der Waals surface area contributed by atoms with E-state index in [9.17, 15) is 4.79 Å². The van der Waals surface area contributed by atoms with Crippen LogP contribution < -0.4 is 5.32 Å². The van der Waals surface area contributed by atoms with Crippen LogP contribution >= 0.6 is 0 Å². The van der Waals surface area contributed by atoms with Gasteiger partial charge >= 0.3 is 6.16 Å². The van der Waals surface area contributed by atoms with Crippen molar-refractivity contribution >= 4 is 22.7 Å². The Morgan fingerprint density at radius 1 is 1.21 bits per heavy atom. The van der Waals surface area contributed by atoms with E-state index in [-0.39, 0.29) is 17.7 Å². The van der Waals surface area contributed by atoms with Crippen LogP contribution in [0.25, 0.3) is 22.0 Å². The zero-order valence-electron chi connectivity index (χ0n) is 19.5. The molecule has 1 aromatic heterocycles. The number of likely N-dealkylation sites (N-methyl/N-ethyl adjacent to an activating group) is 1. The van der Waals surface area contributed by atoms with Crippen LogP contribution in [-0.4, -0.2) is 54.9 Å². The SMILES string of the molecule is C[C@H]1c2c(cc(F)c(-c3cccc4cc[nH]c34)c2F)NC(C)(C)C1OC(=O)OCCN(C)C. The third-order valence-corrected chi connectivity index (χ3v) is 6.17. The van der Waals surface area contributed by atoms with Crippen molar-refractivity contribution in [2.45, 2.75) is 38.3 Å². The third-order valence-electron chi connectivity index (χ3n) is 6.17. The van der Waals surface area contributed by atoms with Crippen molar-refractivity contribution in [3.8, 4) is 11.1 Å². The molecule has 2 aromatic carbocycles. The van der Waals surface area contributed by atoms with Gasteiger partial charge in [-0.15, -0.1) is 0 Å². The number of H-pyrrole nitrogens is 1. The highest BCUT2D eigenvalue weighted by molar-refractivity contribution is 5.95. The minimum absolute atomic E-state index is 0.109. The van der Waals surface area contributed by atoms with Crippen LogP contribution in [0.3, 0.4) is 0 Å². The lowest BCUT2D eigenvalue weighted by Crippen LogP contribution is -2.52. The van der Waals surface area contributed by atoms with Crippen LogP contribution in [0.15, 0.2) is 36.5 Å². The van der Waals surface area contributed by atoms with Gasteiger partial charge in [-0.2, -0.15) is 0 Å². The number of anilines is 1. The lowest BCUT2D eigenvalue weighted by atomic mass is 9.77. The second-order valence-electron chi connectivity index (χ2n) is 9.33. The Kier molecular flexibility index (Phi) is 6.05. The number of carbonyl (C=O) groups is 1. The van der Waals surface area contributed by atoms with Crippen LogP contribution in [-0.2, 0) is 9.47 Å². The zero-order chi connectivity index (χ0) is 23.9. The van der Waals surface area contributed by atoms with Gasteiger partial charge in [-0.1, -0.05) is 25.1 Å². The highest BCUT2D eigenvalue weighted by Crippen LogP contribution is 2.46. The number of benzene rings is 2. The highest BCUT2D eigenvalue weighted by atomic mass is 19.1. The maximum Gasteiger partial charge on any atom is 0.508 e. The number of aromatic amines is 1. The molecular weight excluding hydrogens is 428 g/mol. The van der Waals surface area contributed by atoms with Gasteiger partial charge in [-0.05, 0) is 45.5 Å². The number of nitrogens with zero attached hydrogens (tertiary/aromatic N) is 1. The first-order valence-corrected chi connectivity index (χ1v) is 10.9. The van der Waals surface area contributed by atoms with Crippen molar-refractivity contribution in [3.63, 3.8) is 0 Å². The summed E-state index contributed by atoms with van der Waals surface area (Å²) in [4.78, 5) is 17.3. The normalized spacial score (nSPS) is 19.3. The lowest BCUT2D eigenvalue weighted by Gasteiger charge is -2.44. The largest absolute Gasteiger partial charge is 0.508 e. The van der Waals surface area contributed by atoms with Gasteiger partial charge in [0.2, 0.25) is 0 Å². The maximum absolute atomic E-state index is 16.0. The van der Waals surface area contributed by atoms with E-state index in [0.717, 1.165) is 5.39 Å². The number of nitrogens with one attached hydrogen (secondary N) is 2. The molecule has 1 aliphatic rings. The topological polar surface area (TPSA) is 66.6 Å². The lowest BCUT2D eigenvalue weighted by molar-refractivity contribution is -0.00871. The Morgan fingerprint density at radius 2 is 1.97 bits per heavy atom. The molecule has 0 spiro atoms. The molecule has 4 rings (SSSR count). The molecule has 0 bridgehead atoms. The average molecular weight is 458 g/mol. The van der Waals surface area contributed by atoms with Crippen molar-refractivity contribution in [1.29, 1.82) is 0 Å². The molecule has 1 unspecified atom stereocenters. The average Bonchev–Trinajstić information content (AvgIpc) is 3.19. The van der Waals surface area contributed by atoms with Crippen molar-refractivity contribution < 1.29 is 23.0 Å². The number of ether oxygens (including phenoxy) is 2. The van der Waals surface area contributed by atoms with Gasteiger partial charge < -0.3 is 24.7 Å². The summed E-state index contributed by atoms with van der Waals surface area (Å²) in [6.45, 7) is 6.17. The Bertz CT molecular complexity index is 1190. The molecule has 2 N–H and O–H groups in total. The van der Waals surface area contributed by atoms with E-state index in [4.69, 9.17) is 9.47 Å². The zero-order valence-corrected chi connectivity index (χ0v) is 19.5. The second kappa shape index (κ2) is 8.67. The fourth-order valence-electron chi connectivity index (χ4n) is 4.62. The van der Waals surface area contributed by atoms with Crippen LogP contribution in [0, 0.1) is 11.6 Å². The number of para-hydroxylation sites is 1. The summed E-state index contributed by atoms with van der Waals surface area (Å²) < 4.78 is 42.0. The molecule has 0 fully saturated rings. The number of carbonyl (C=O) groups excluding carboxylic acids is 1. The van der Waals surface area contributed by atoms with Gasteiger partial charge in [0.25, 0.3) is 0 Å². The van der Waals surface area contributed by atoms with Crippen molar-refractivity contribution in [2.75, 3.05) is 32.6 Å². The Hall–Kier alpha value is -3.13. The van der Waals surface area contributed by atoms with E-state index < -0.39 is 35.4 Å². The number of aromatic nitrogens is 1. The first-order valence-electron chi connectivity index (χ1n) is 10.9. The predicted octanol–water partition coefficient (Wildman–Crippen LogP) is 5.50. The van der Waals surface area contributed by atoms with Crippen LogP contribution in [0.5, 0.6) is 0 Å².